The highest BCUT2D eigenvalue weighted by Gasteiger charge is 2.33. The van der Waals surface area contributed by atoms with Crippen molar-refractivity contribution in [3.05, 3.63) is 108 Å². The normalized spacial score (nSPS) is 13.5. The third kappa shape index (κ3) is 5.50. The van der Waals surface area contributed by atoms with Gasteiger partial charge in [0, 0.05) is 29.8 Å². The van der Waals surface area contributed by atoms with Gasteiger partial charge in [-0.05, 0) is 53.4 Å². The topological polar surface area (TPSA) is 66.8 Å². The number of carbonyl (C=O) groups excluding carboxylic acids is 1. The van der Waals surface area contributed by atoms with E-state index in [0.29, 0.717) is 36.2 Å². The predicted molar refractivity (Wildman–Crippen MR) is 142 cm³/mol. The number of nitrogens with zero attached hydrogens (tertiary/aromatic N) is 1. The van der Waals surface area contributed by atoms with Gasteiger partial charge >= 0.3 is 12.1 Å². The quantitative estimate of drug-likeness (QED) is 0.269. The maximum absolute atomic E-state index is 13.9. The maximum atomic E-state index is 13.9. The van der Waals surface area contributed by atoms with Crippen molar-refractivity contribution in [1.82, 2.24) is 0 Å². The Hall–Kier alpha value is -4.59. The molecule has 4 aromatic rings. The number of anilines is 1. The number of hydrogen-bond acceptors (Lipinski definition) is 3. The number of carboxylic acids is 1. The molecule has 1 fully saturated rings. The summed E-state index contributed by atoms with van der Waals surface area (Å²) in [6, 6.07) is 24.0. The largest absolute Gasteiger partial charge is 0.488 e. The second kappa shape index (κ2) is 10.6. The molecule has 5 rings (SSSR count). The molecule has 0 saturated carbocycles. The third-order valence-electron chi connectivity index (χ3n) is 6.64. The van der Waals surface area contributed by atoms with Crippen molar-refractivity contribution in [3.63, 3.8) is 0 Å². The van der Waals surface area contributed by atoms with Crippen LogP contribution in [0.5, 0.6) is 5.75 Å². The van der Waals surface area contributed by atoms with E-state index in [1.54, 1.807) is 36.4 Å². The Morgan fingerprint density at radius 3 is 2.21 bits per heavy atom. The van der Waals surface area contributed by atoms with E-state index in [4.69, 9.17) is 4.74 Å². The molecule has 1 N–H and O–H groups in total. The average molecular weight is 532 g/mol. The highest BCUT2D eigenvalue weighted by Crippen LogP contribution is 2.45. The van der Waals surface area contributed by atoms with Gasteiger partial charge in [0.25, 0.3) is 0 Å². The lowest BCUT2D eigenvalue weighted by molar-refractivity contribution is -0.137. The van der Waals surface area contributed by atoms with E-state index in [-0.39, 0.29) is 35.0 Å². The highest BCUT2D eigenvalue weighted by atomic mass is 19.4. The van der Waals surface area contributed by atoms with E-state index in [1.165, 1.54) is 17.0 Å². The van der Waals surface area contributed by atoms with Gasteiger partial charge in [0.1, 0.15) is 12.4 Å². The summed E-state index contributed by atoms with van der Waals surface area (Å²) < 4.78 is 47.6. The Kier molecular flexibility index (Phi) is 7.11. The first-order chi connectivity index (χ1) is 18.7. The summed E-state index contributed by atoms with van der Waals surface area (Å²) >= 11 is 0. The van der Waals surface area contributed by atoms with Crippen molar-refractivity contribution >= 4 is 17.6 Å². The molecule has 0 bridgehead atoms. The third-order valence-corrected chi connectivity index (χ3v) is 6.64. The SMILES string of the molecule is O=C(O)c1cc(N2CCCC2=O)cc(-c2ccccc2)c1-c1cc(C(F)(F)F)ccc1OCc1ccccc1. The van der Waals surface area contributed by atoms with E-state index in [1.807, 2.05) is 30.3 Å². The molecule has 1 amide bonds. The summed E-state index contributed by atoms with van der Waals surface area (Å²) in [7, 11) is 0. The van der Waals surface area contributed by atoms with Gasteiger partial charge in [-0.25, -0.2) is 4.79 Å². The highest BCUT2D eigenvalue weighted by molar-refractivity contribution is 6.06. The van der Waals surface area contributed by atoms with Crippen molar-refractivity contribution in [2.75, 3.05) is 11.4 Å². The number of carboxylic acid groups (broad SMARTS) is 1. The van der Waals surface area contributed by atoms with Crippen LogP contribution in [0.25, 0.3) is 22.3 Å². The van der Waals surface area contributed by atoms with Gasteiger partial charge in [0.2, 0.25) is 5.91 Å². The Bertz CT molecular complexity index is 1520. The molecule has 1 heterocycles. The van der Waals surface area contributed by atoms with Gasteiger partial charge in [-0.15, -0.1) is 0 Å². The lowest BCUT2D eigenvalue weighted by atomic mass is 9.88. The molecule has 1 aliphatic rings. The van der Waals surface area contributed by atoms with Gasteiger partial charge in [-0.3, -0.25) is 4.79 Å². The van der Waals surface area contributed by atoms with Crippen LogP contribution >= 0.6 is 0 Å². The number of rotatable bonds is 7. The van der Waals surface area contributed by atoms with Gasteiger partial charge < -0.3 is 14.7 Å². The monoisotopic (exact) mass is 531 g/mol. The standard InChI is InChI=1S/C31H24F3NO4/c32-31(33,34)22-13-14-27(39-19-20-8-3-1-4-9-20)25(16-22)29-24(21-10-5-2-6-11-21)17-23(18-26(29)30(37)38)35-15-7-12-28(35)36/h1-6,8-11,13-14,16-18H,7,12,15,19H2,(H,37,38). The van der Waals surface area contributed by atoms with Gasteiger partial charge in [-0.1, -0.05) is 60.7 Å². The fraction of sp³-hybridized carbons (Fsp3) is 0.161. The summed E-state index contributed by atoms with van der Waals surface area (Å²) in [5.41, 5.74) is 1.08. The zero-order valence-electron chi connectivity index (χ0n) is 20.7. The van der Waals surface area contributed by atoms with E-state index in [2.05, 4.69) is 0 Å². The minimum atomic E-state index is -4.66. The maximum Gasteiger partial charge on any atom is 0.416 e. The van der Waals surface area contributed by atoms with E-state index in [9.17, 15) is 27.9 Å². The molecular formula is C31H24F3NO4. The molecule has 4 aromatic carbocycles. The molecule has 198 valence electrons. The molecule has 5 nitrogen and oxygen atoms in total. The van der Waals surface area contributed by atoms with Crippen molar-refractivity contribution in [2.24, 2.45) is 0 Å². The lowest BCUT2D eigenvalue weighted by Crippen LogP contribution is -2.24. The molecule has 0 unspecified atom stereocenters. The number of amides is 1. The zero-order chi connectivity index (χ0) is 27.6. The Morgan fingerprint density at radius 2 is 1.59 bits per heavy atom. The molecule has 0 aliphatic carbocycles. The van der Waals surface area contributed by atoms with Crippen molar-refractivity contribution < 1.29 is 32.6 Å². The van der Waals surface area contributed by atoms with Crippen molar-refractivity contribution in [2.45, 2.75) is 25.6 Å². The molecule has 39 heavy (non-hydrogen) atoms. The molecule has 0 spiro atoms. The minimum Gasteiger partial charge on any atom is -0.488 e. The molecule has 1 saturated heterocycles. The van der Waals surface area contributed by atoms with Gasteiger partial charge in [0.15, 0.2) is 0 Å². The first-order valence-electron chi connectivity index (χ1n) is 12.4. The Labute approximate surface area is 223 Å². The first kappa shape index (κ1) is 26.0. The van der Waals surface area contributed by atoms with Crippen LogP contribution in [-0.2, 0) is 17.6 Å². The van der Waals surface area contributed by atoms with E-state index < -0.39 is 17.7 Å². The predicted octanol–water partition coefficient (Wildman–Crippen LogP) is 7.44. The second-order valence-corrected chi connectivity index (χ2v) is 9.22. The summed E-state index contributed by atoms with van der Waals surface area (Å²) in [4.78, 5) is 26.7. The van der Waals surface area contributed by atoms with Crippen LogP contribution in [0.1, 0.15) is 34.3 Å². The average Bonchev–Trinajstić information content (AvgIpc) is 3.37. The summed E-state index contributed by atoms with van der Waals surface area (Å²) in [6.45, 7) is 0.503. The van der Waals surface area contributed by atoms with Crippen LogP contribution in [0.3, 0.4) is 0 Å². The summed E-state index contributed by atoms with van der Waals surface area (Å²) in [5.74, 6) is -1.36. The van der Waals surface area contributed by atoms with Crippen LogP contribution in [0, 0.1) is 0 Å². The van der Waals surface area contributed by atoms with Crippen molar-refractivity contribution in [1.29, 1.82) is 0 Å². The second-order valence-electron chi connectivity index (χ2n) is 9.22. The number of aromatic carboxylic acids is 1. The number of alkyl halides is 3. The zero-order valence-corrected chi connectivity index (χ0v) is 20.7. The summed E-state index contributed by atoms with van der Waals surface area (Å²) in [6.07, 6.45) is -3.68. The molecule has 0 radical (unpaired) electrons. The molecule has 0 atom stereocenters. The Morgan fingerprint density at radius 1 is 0.897 bits per heavy atom. The smallest absolute Gasteiger partial charge is 0.416 e. The number of benzene rings is 4. The number of carbonyl (C=O) groups is 2. The molecule has 1 aliphatic heterocycles. The number of hydrogen-bond donors (Lipinski definition) is 1. The Balaban J connectivity index is 1.76. The number of ether oxygens (including phenoxy) is 1. The van der Waals surface area contributed by atoms with Crippen LogP contribution in [-0.4, -0.2) is 23.5 Å². The molecule has 8 heteroatoms. The fourth-order valence-electron chi connectivity index (χ4n) is 4.77. The van der Waals surface area contributed by atoms with Crippen LogP contribution in [0.15, 0.2) is 91.0 Å². The van der Waals surface area contributed by atoms with Crippen molar-refractivity contribution in [3.8, 4) is 28.0 Å². The van der Waals surface area contributed by atoms with Crippen LogP contribution in [0.4, 0.5) is 18.9 Å². The minimum absolute atomic E-state index is 0.00342. The van der Waals surface area contributed by atoms with E-state index >= 15 is 0 Å². The summed E-state index contributed by atoms with van der Waals surface area (Å²) in [5, 5.41) is 10.3. The molecular weight excluding hydrogens is 507 g/mol. The van der Waals surface area contributed by atoms with Gasteiger partial charge in [0.05, 0.1) is 11.1 Å². The number of halogens is 3. The molecule has 0 aromatic heterocycles. The van der Waals surface area contributed by atoms with Crippen LogP contribution in [0.2, 0.25) is 0 Å². The van der Waals surface area contributed by atoms with E-state index in [0.717, 1.165) is 17.7 Å². The van der Waals surface area contributed by atoms with Gasteiger partial charge in [-0.2, -0.15) is 13.2 Å². The lowest BCUT2D eigenvalue weighted by Gasteiger charge is -2.23. The fourth-order valence-corrected chi connectivity index (χ4v) is 4.77. The van der Waals surface area contributed by atoms with Crippen LogP contribution < -0.4 is 9.64 Å². The first-order valence-corrected chi connectivity index (χ1v) is 12.4.